The molecule has 2 aromatic carbocycles. The lowest BCUT2D eigenvalue weighted by molar-refractivity contribution is 0.354. The molecule has 0 aliphatic heterocycles. The molecule has 0 radical (unpaired) electrons. The number of rotatable bonds is 5. The van der Waals surface area contributed by atoms with Crippen LogP contribution in [-0.2, 0) is 5.75 Å². The maximum atomic E-state index is 5.85. The van der Waals surface area contributed by atoms with E-state index < -0.39 is 0 Å². The van der Waals surface area contributed by atoms with Crippen LogP contribution in [0.1, 0.15) is 16.7 Å². The standard InChI is InChI=1S/C17H21NO2S/c1-11-8-16(19-3)17(20-4)9-13(11)10-21-14-5-6-15(18)12(2)7-14/h5-9H,10,18H2,1-4H3. The third-order valence-electron chi connectivity index (χ3n) is 3.48. The normalized spacial score (nSPS) is 10.5. The number of hydrogen-bond donors (Lipinski definition) is 1. The Morgan fingerprint density at radius 3 is 2.24 bits per heavy atom. The van der Waals surface area contributed by atoms with Crippen LogP contribution < -0.4 is 15.2 Å². The van der Waals surface area contributed by atoms with Crippen LogP contribution in [0.4, 0.5) is 5.69 Å². The Morgan fingerprint density at radius 2 is 1.62 bits per heavy atom. The summed E-state index contributed by atoms with van der Waals surface area (Å²) < 4.78 is 10.7. The molecule has 2 rings (SSSR count). The average molecular weight is 303 g/mol. The highest BCUT2D eigenvalue weighted by atomic mass is 32.2. The van der Waals surface area contributed by atoms with Gasteiger partial charge in [0, 0.05) is 16.3 Å². The second kappa shape index (κ2) is 6.76. The van der Waals surface area contributed by atoms with Gasteiger partial charge in [0.2, 0.25) is 0 Å². The minimum absolute atomic E-state index is 0.770. The molecule has 0 atom stereocenters. The summed E-state index contributed by atoms with van der Waals surface area (Å²) >= 11 is 1.79. The van der Waals surface area contributed by atoms with Crippen molar-refractivity contribution in [2.45, 2.75) is 24.5 Å². The molecule has 4 heteroatoms. The number of nitrogens with two attached hydrogens (primary N) is 1. The predicted octanol–water partition coefficient (Wildman–Crippen LogP) is 4.20. The van der Waals surface area contributed by atoms with Crippen LogP contribution in [0, 0.1) is 13.8 Å². The molecule has 0 bridgehead atoms. The first-order chi connectivity index (χ1) is 10.0. The zero-order chi connectivity index (χ0) is 15.4. The molecule has 2 aromatic rings. The van der Waals surface area contributed by atoms with E-state index in [1.165, 1.54) is 16.0 Å². The van der Waals surface area contributed by atoms with Gasteiger partial charge in [0.05, 0.1) is 14.2 Å². The third kappa shape index (κ3) is 3.64. The number of benzene rings is 2. The number of nitrogen functional groups attached to an aromatic ring is 1. The Bertz CT molecular complexity index is 641. The summed E-state index contributed by atoms with van der Waals surface area (Å²) in [5, 5.41) is 0. The summed E-state index contributed by atoms with van der Waals surface area (Å²) in [7, 11) is 3.32. The second-order valence-corrected chi connectivity index (χ2v) is 5.99. The van der Waals surface area contributed by atoms with Crippen LogP contribution in [-0.4, -0.2) is 14.2 Å². The van der Waals surface area contributed by atoms with E-state index in [0.29, 0.717) is 0 Å². The fraction of sp³-hybridized carbons (Fsp3) is 0.294. The lowest BCUT2D eigenvalue weighted by atomic mass is 10.1. The molecule has 0 unspecified atom stereocenters. The first-order valence-corrected chi connectivity index (χ1v) is 7.74. The summed E-state index contributed by atoms with van der Waals surface area (Å²) in [5.74, 6) is 2.43. The van der Waals surface area contributed by atoms with Crippen LogP contribution in [0.15, 0.2) is 35.2 Å². The van der Waals surface area contributed by atoms with Crippen molar-refractivity contribution in [1.82, 2.24) is 0 Å². The lowest BCUT2D eigenvalue weighted by Crippen LogP contribution is -1.95. The number of ether oxygens (including phenoxy) is 2. The highest BCUT2D eigenvalue weighted by molar-refractivity contribution is 7.98. The lowest BCUT2D eigenvalue weighted by Gasteiger charge is -2.13. The molecule has 0 heterocycles. The van der Waals surface area contributed by atoms with Crippen molar-refractivity contribution in [1.29, 1.82) is 0 Å². The van der Waals surface area contributed by atoms with E-state index in [9.17, 15) is 0 Å². The van der Waals surface area contributed by atoms with Gasteiger partial charge >= 0.3 is 0 Å². The summed E-state index contributed by atoms with van der Waals surface area (Å²) in [6.07, 6.45) is 0. The quantitative estimate of drug-likeness (QED) is 0.664. The molecule has 0 aliphatic carbocycles. The van der Waals surface area contributed by atoms with Gasteiger partial charge in [-0.3, -0.25) is 0 Å². The average Bonchev–Trinajstić information content (AvgIpc) is 2.49. The van der Waals surface area contributed by atoms with Crippen molar-refractivity contribution in [2.75, 3.05) is 20.0 Å². The molecule has 0 aromatic heterocycles. The molecule has 0 spiro atoms. The zero-order valence-corrected chi connectivity index (χ0v) is 13.7. The summed E-state index contributed by atoms with van der Waals surface area (Å²) in [4.78, 5) is 1.22. The largest absolute Gasteiger partial charge is 0.493 e. The number of anilines is 1. The van der Waals surface area contributed by atoms with Gasteiger partial charge in [0.1, 0.15) is 0 Å². The first kappa shape index (κ1) is 15.6. The van der Waals surface area contributed by atoms with Gasteiger partial charge in [-0.25, -0.2) is 0 Å². The SMILES string of the molecule is COc1cc(C)c(CSc2ccc(N)c(C)c2)cc1OC. The van der Waals surface area contributed by atoms with E-state index in [0.717, 1.165) is 28.5 Å². The molecule has 3 nitrogen and oxygen atoms in total. The minimum Gasteiger partial charge on any atom is -0.493 e. The van der Waals surface area contributed by atoms with Gasteiger partial charge in [-0.05, 0) is 60.9 Å². The summed E-state index contributed by atoms with van der Waals surface area (Å²) in [5.41, 5.74) is 10.2. The molecule has 0 fully saturated rings. The fourth-order valence-corrected chi connectivity index (χ4v) is 3.13. The van der Waals surface area contributed by atoms with Gasteiger partial charge in [-0.1, -0.05) is 0 Å². The third-order valence-corrected chi connectivity index (χ3v) is 4.52. The monoisotopic (exact) mass is 303 g/mol. The number of methoxy groups -OCH3 is 2. The van der Waals surface area contributed by atoms with Gasteiger partial charge in [0.25, 0.3) is 0 Å². The highest BCUT2D eigenvalue weighted by Gasteiger charge is 2.09. The second-order valence-electron chi connectivity index (χ2n) is 4.94. The van der Waals surface area contributed by atoms with Gasteiger partial charge in [-0.2, -0.15) is 0 Å². The van der Waals surface area contributed by atoms with Crippen molar-refractivity contribution in [2.24, 2.45) is 0 Å². The van der Waals surface area contributed by atoms with Crippen molar-refractivity contribution in [3.05, 3.63) is 47.0 Å². The fourth-order valence-electron chi connectivity index (χ4n) is 2.08. The molecule has 0 saturated heterocycles. The van der Waals surface area contributed by atoms with Crippen LogP contribution in [0.5, 0.6) is 11.5 Å². The molecular weight excluding hydrogens is 282 g/mol. The number of thioether (sulfide) groups is 1. The Morgan fingerprint density at radius 1 is 0.952 bits per heavy atom. The zero-order valence-electron chi connectivity index (χ0n) is 12.9. The van der Waals surface area contributed by atoms with Crippen LogP contribution >= 0.6 is 11.8 Å². The predicted molar refractivity (Wildman–Crippen MR) is 89.4 cm³/mol. The molecular formula is C17H21NO2S. The van der Waals surface area contributed by atoms with E-state index in [1.807, 2.05) is 25.1 Å². The number of aryl methyl sites for hydroxylation is 2. The Balaban J connectivity index is 2.17. The van der Waals surface area contributed by atoms with Crippen molar-refractivity contribution in [3.8, 4) is 11.5 Å². The van der Waals surface area contributed by atoms with E-state index in [4.69, 9.17) is 15.2 Å². The Labute approximate surface area is 130 Å². The van der Waals surface area contributed by atoms with Gasteiger partial charge < -0.3 is 15.2 Å². The van der Waals surface area contributed by atoms with Crippen LogP contribution in [0.3, 0.4) is 0 Å². The molecule has 0 amide bonds. The maximum Gasteiger partial charge on any atom is 0.161 e. The molecule has 2 N–H and O–H groups in total. The molecule has 112 valence electrons. The maximum absolute atomic E-state index is 5.85. The topological polar surface area (TPSA) is 44.5 Å². The molecule has 0 saturated carbocycles. The van der Waals surface area contributed by atoms with E-state index in [1.54, 1.807) is 26.0 Å². The molecule has 21 heavy (non-hydrogen) atoms. The van der Waals surface area contributed by atoms with Crippen LogP contribution in [0.25, 0.3) is 0 Å². The highest BCUT2D eigenvalue weighted by Crippen LogP contribution is 2.33. The Hall–Kier alpha value is -1.81. The van der Waals surface area contributed by atoms with E-state index in [2.05, 4.69) is 19.1 Å². The minimum atomic E-state index is 0.770. The number of hydrogen-bond acceptors (Lipinski definition) is 4. The summed E-state index contributed by atoms with van der Waals surface area (Å²) in [6.45, 7) is 4.12. The smallest absolute Gasteiger partial charge is 0.161 e. The van der Waals surface area contributed by atoms with E-state index in [-0.39, 0.29) is 0 Å². The first-order valence-electron chi connectivity index (χ1n) is 6.75. The summed E-state index contributed by atoms with van der Waals surface area (Å²) in [6, 6.07) is 10.2. The van der Waals surface area contributed by atoms with Gasteiger partial charge in [-0.15, -0.1) is 11.8 Å². The van der Waals surface area contributed by atoms with Crippen molar-refractivity contribution >= 4 is 17.4 Å². The van der Waals surface area contributed by atoms with Crippen LogP contribution in [0.2, 0.25) is 0 Å². The van der Waals surface area contributed by atoms with Gasteiger partial charge in [0.15, 0.2) is 11.5 Å². The molecule has 0 aliphatic rings. The Kier molecular flexibility index (Phi) is 5.02. The van der Waals surface area contributed by atoms with Crippen molar-refractivity contribution < 1.29 is 9.47 Å². The van der Waals surface area contributed by atoms with E-state index >= 15 is 0 Å². The van der Waals surface area contributed by atoms with Crippen molar-refractivity contribution in [3.63, 3.8) is 0 Å².